The first-order valence-corrected chi connectivity index (χ1v) is 6.64. The molecule has 0 radical (unpaired) electrons. The molecule has 0 fully saturated rings. The molecule has 6 heteroatoms. The normalized spacial score (nSPS) is 12.1. The Kier molecular flexibility index (Phi) is 6.83. The molecule has 0 saturated carbocycles. The third kappa shape index (κ3) is 6.40. The molecular formula is C14H23N3O3. The number of benzene rings is 1. The highest BCUT2D eigenvalue weighted by molar-refractivity contribution is 5.88. The molecule has 0 bridgehead atoms. The summed E-state index contributed by atoms with van der Waals surface area (Å²) in [6.07, 6.45) is -0.555. The number of urea groups is 1. The molecule has 1 aromatic rings. The molecule has 0 heterocycles. The van der Waals surface area contributed by atoms with E-state index < -0.39 is 6.10 Å². The quantitative estimate of drug-likeness (QED) is 0.605. The van der Waals surface area contributed by atoms with Crippen molar-refractivity contribution in [2.75, 3.05) is 25.5 Å². The van der Waals surface area contributed by atoms with Crippen LogP contribution in [0.15, 0.2) is 24.3 Å². The van der Waals surface area contributed by atoms with Crippen molar-refractivity contribution in [1.82, 2.24) is 10.6 Å². The van der Waals surface area contributed by atoms with E-state index in [2.05, 4.69) is 16.0 Å². The van der Waals surface area contributed by atoms with Crippen LogP contribution in [0.2, 0.25) is 0 Å². The van der Waals surface area contributed by atoms with Gasteiger partial charge in [0.2, 0.25) is 0 Å². The van der Waals surface area contributed by atoms with Crippen molar-refractivity contribution in [3.63, 3.8) is 0 Å². The molecular weight excluding hydrogens is 258 g/mol. The van der Waals surface area contributed by atoms with E-state index in [0.717, 1.165) is 0 Å². The summed E-state index contributed by atoms with van der Waals surface area (Å²) >= 11 is 0. The van der Waals surface area contributed by atoms with Crippen LogP contribution >= 0.6 is 0 Å². The van der Waals surface area contributed by atoms with Gasteiger partial charge in [-0.05, 0) is 24.3 Å². The number of ether oxygens (including phenoxy) is 1. The molecule has 112 valence electrons. The number of carbonyl (C=O) groups excluding carboxylic acids is 1. The first-order valence-electron chi connectivity index (χ1n) is 6.64. The van der Waals surface area contributed by atoms with Gasteiger partial charge in [-0.15, -0.1) is 0 Å². The van der Waals surface area contributed by atoms with E-state index in [1.165, 1.54) is 0 Å². The Morgan fingerprint density at radius 2 is 1.95 bits per heavy atom. The van der Waals surface area contributed by atoms with Crippen LogP contribution in [-0.4, -0.2) is 43.5 Å². The molecule has 0 aliphatic rings. The van der Waals surface area contributed by atoms with E-state index in [-0.39, 0.29) is 12.6 Å². The van der Waals surface area contributed by atoms with Gasteiger partial charge in [-0.3, -0.25) is 0 Å². The highest BCUT2D eigenvalue weighted by atomic mass is 16.5. The molecule has 4 N–H and O–H groups in total. The number of hydrogen-bond acceptors (Lipinski definition) is 4. The number of aliphatic hydroxyl groups is 1. The molecule has 0 saturated heterocycles. The van der Waals surface area contributed by atoms with Crippen LogP contribution in [0, 0.1) is 0 Å². The number of carbonyl (C=O) groups is 1. The molecule has 0 spiro atoms. The van der Waals surface area contributed by atoms with Gasteiger partial charge in [0.15, 0.2) is 0 Å². The highest BCUT2D eigenvalue weighted by Crippen LogP contribution is 2.15. The highest BCUT2D eigenvalue weighted by Gasteiger charge is 2.06. The molecule has 0 aliphatic heterocycles. The first kappa shape index (κ1) is 16.3. The molecule has 1 atom stereocenters. The van der Waals surface area contributed by atoms with Crippen molar-refractivity contribution in [3.8, 4) is 5.75 Å². The second-order valence-electron chi connectivity index (χ2n) is 4.76. The Morgan fingerprint density at radius 1 is 1.30 bits per heavy atom. The van der Waals surface area contributed by atoms with Gasteiger partial charge < -0.3 is 25.8 Å². The van der Waals surface area contributed by atoms with E-state index in [0.29, 0.717) is 24.0 Å². The maximum atomic E-state index is 11.1. The van der Waals surface area contributed by atoms with Gasteiger partial charge in [0.1, 0.15) is 18.5 Å². The Balaban J connectivity index is 2.36. The summed E-state index contributed by atoms with van der Waals surface area (Å²) in [4.78, 5) is 11.1. The number of rotatable bonds is 7. The Labute approximate surface area is 119 Å². The first-order chi connectivity index (χ1) is 9.51. The van der Waals surface area contributed by atoms with Gasteiger partial charge in [-0.25, -0.2) is 4.79 Å². The molecule has 20 heavy (non-hydrogen) atoms. The smallest absolute Gasteiger partial charge is 0.318 e. The molecule has 2 amide bonds. The van der Waals surface area contributed by atoms with Crippen molar-refractivity contribution in [2.24, 2.45) is 0 Å². The van der Waals surface area contributed by atoms with Crippen LogP contribution in [-0.2, 0) is 0 Å². The third-order valence-electron chi connectivity index (χ3n) is 2.54. The van der Waals surface area contributed by atoms with Crippen LogP contribution in [0.5, 0.6) is 5.75 Å². The van der Waals surface area contributed by atoms with Crippen molar-refractivity contribution >= 4 is 11.7 Å². The number of anilines is 1. The van der Waals surface area contributed by atoms with Crippen molar-refractivity contribution in [2.45, 2.75) is 26.0 Å². The molecule has 6 nitrogen and oxygen atoms in total. The monoisotopic (exact) mass is 281 g/mol. The molecule has 0 aliphatic carbocycles. The predicted octanol–water partition coefficient (Wildman–Crippen LogP) is 1.18. The van der Waals surface area contributed by atoms with E-state index in [1.807, 2.05) is 13.8 Å². The minimum atomic E-state index is -0.555. The maximum absolute atomic E-state index is 11.1. The maximum Gasteiger partial charge on any atom is 0.318 e. The standard InChI is InChI=1S/C14H23N3O3/c1-10(2)16-8-12(18)9-20-13-6-4-11(5-7-13)17-14(19)15-3/h4-7,10,12,16,18H,8-9H2,1-3H3,(H2,15,17,19). The lowest BCUT2D eigenvalue weighted by Gasteiger charge is -2.15. The SMILES string of the molecule is CNC(=O)Nc1ccc(OCC(O)CNC(C)C)cc1. The average Bonchev–Trinajstić information content (AvgIpc) is 2.44. The van der Waals surface area contributed by atoms with Crippen LogP contribution in [0.1, 0.15) is 13.8 Å². The van der Waals surface area contributed by atoms with E-state index in [9.17, 15) is 9.90 Å². The van der Waals surface area contributed by atoms with Gasteiger partial charge in [-0.2, -0.15) is 0 Å². The van der Waals surface area contributed by atoms with Gasteiger partial charge in [-0.1, -0.05) is 13.8 Å². The topological polar surface area (TPSA) is 82.6 Å². The summed E-state index contributed by atoms with van der Waals surface area (Å²) in [6.45, 7) is 4.76. The van der Waals surface area contributed by atoms with E-state index >= 15 is 0 Å². The lowest BCUT2D eigenvalue weighted by atomic mass is 10.3. The minimum Gasteiger partial charge on any atom is -0.491 e. The Morgan fingerprint density at radius 3 is 2.50 bits per heavy atom. The van der Waals surface area contributed by atoms with Gasteiger partial charge in [0.25, 0.3) is 0 Å². The molecule has 0 aromatic heterocycles. The zero-order valence-electron chi connectivity index (χ0n) is 12.1. The minimum absolute atomic E-state index is 0.224. The van der Waals surface area contributed by atoms with Crippen molar-refractivity contribution < 1.29 is 14.6 Å². The summed E-state index contributed by atoms with van der Waals surface area (Å²) in [7, 11) is 1.55. The number of amides is 2. The van der Waals surface area contributed by atoms with E-state index in [4.69, 9.17) is 4.74 Å². The van der Waals surface area contributed by atoms with Crippen LogP contribution in [0.3, 0.4) is 0 Å². The average molecular weight is 281 g/mol. The molecule has 1 aromatic carbocycles. The van der Waals surface area contributed by atoms with Gasteiger partial charge >= 0.3 is 6.03 Å². The predicted molar refractivity (Wildman–Crippen MR) is 79.2 cm³/mol. The van der Waals surface area contributed by atoms with E-state index in [1.54, 1.807) is 31.3 Å². The summed E-state index contributed by atoms with van der Waals surface area (Å²) in [6, 6.07) is 7.03. The van der Waals surface area contributed by atoms with Crippen LogP contribution in [0.25, 0.3) is 0 Å². The van der Waals surface area contributed by atoms with Crippen molar-refractivity contribution in [3.05, 3.63) is 24.3 Å². The second-order valence-corrected chi connectivity index (χ2v) is 4.76. The Hall–Kier alpha value is -1.79. The zero-order chi connectivity index (χ0) is 15.0. The van der Waals surface area contributed by atoms with Gasteiger partial charge in [0.05, 0.1) is 0 Å². The summed E-state index contributed by atoms with van der Waals surface area (Å²) in [5.74, 6) is 0.649. The Bertz CT molecular complexity index is 407. The molecule has 1 rings (SSSR count). The number of aliphatic hydroxyl groups excluding tert-OH is 1. The van der Waals surface area contributed by atoms with Crippen molar-refractivity contribution in [1.29, 1.82) is 0 Å². The third-order valence-corrected chi connectivity index (χ3v) is 2.54. The summed E-state index contributed by atoms with van der Waals surface area (Å²) in [5, 5.41) is 18.0. The fourth-order valence-corrected chi connectivity index (χ4v) is 1.45. The van der Waals surface area contributed by atoms with Crippen LogP contribution < -0.4 is 20.7 Å². The summed E-state index contributed by atoms with van der Waals surface area (Å²) in [5.41, 5.74) is 0.679. The lowest BCUT2D eigenvalue weighted by molar-refractivity contribution is 0.104. The fourth-order valence-electron chi connectivity index (χ4n) is 1.45. The number of hydrogen-bond donors (Lipinski definition) is 4. The lowest BCUT2D eigenvalue weighted by Crippen LogP contribution is -2.35. The summed E-state index contributed by atoms with van der Waals surface area (Å²) < 4.78 is 5.47. The zero-order valence-corrected chi connectivity index (χ0v) is 12.1. The fraction of sp³-hybridized carbons (Fsp3) is 0.500. The van der Waals surface area contributed by atoms with Gasteiger partial charge in [0, 0.05) is 25.3 Å². The largest absolute Gasteiger partial charge is 0.491 e. The number of nitrogens with one attached hydrogen (secondary N) is 3. The second kappa shape index (κ2) is 8.39. The molecule has 1 unspecified atom stereocenters. The van der Waals surface area contributed by atoms with Crippen LogP contribution in [0.4, 0.5) is 10.5 Å².